The molecule has 1 aliphatic heterocycles. The topological polar surface area (TPSA) is 140 Å². The number of H-pyrrole nitrogens is 1. The van der Waals surface area contributed by atoms with Crippen molar-refractivity contribution >= 4 is 5.97 Å². The number of hydrogen-bond donors (Lipinski definition) is 3. The molecule has 1 aliphatic rings. The number of aliphatic hydroxyl groups is 2. The maximum atomic E-state index is 12.0. The minimum atomic E-state index is -1.27. The van der Waals surface area contributed by atoms with Crippen LogP contribution in [0.3, 0.4) is 0 Å². The molecule has 0 bridgehead atoms. The average Bonchev–Trinajstić information content (AvgIpc) is 2.84. The Morgan fingerprint density at radius 3 is 2.78 bits per heavy atom. The maximum absolute atomic E-state index is 12.0. The summed E-state index contributed by atoms with van der Waals surface area (Å²) in [5.41, 5.74) is -1.06. The second-order valence-electron chi connectivity index (χ2n) is 5.07. The lowest BCUT2D eigenvalue weighted by atomic mass is 10.1. The first-order valence-corrected chi connectivity index (χ1v) is 6.84. The minimum absolute atomic E-state index is 0.252. The number of aliphatic hydroxyl groups excluding tert-OH is 2. The fraction of sp³-hybridized carbons (Fsp3) is 0.615. The molecule has 0 radical (unpaired) electrons. The van der Waals surface area contributed by atoms with Crippen LogP contribution in [0, 0.1) is 6.92 Å². The summed E-state index contributed by atoms with van der Waals surface area (Å²) in [6, 6.07) is 0. The van der Waals surface area contributed by atoms with Gasteiger partial charge in [0.2, 0.25) is 0 Å². The van der Waals surface area contributed by atoms with Gasteiger partial charge in [-0.25, -0.2) is 9.59 Å². The number of methoxy groups -OCH3 is 1. The third-order valence-electron chi connectivity index (χ3n) is 3.53. The van der Waals surface area contributed by atoms with Crippen molar-refractivity contribution < 1.29 is 29.2 Å². The fourth-order valence-electron chi connectivity index (χ4n) is 2.27. The predicted octanol–water partition coefficient (Wildman–Crippen LogP) is -2.35. The van der Waals surface area contributed by atoms with Crippen molar-refractivity contribution in [2.75, 3.05) is 20.3 Å². The molecule has 1 aromatic rings. The Balaban J connectivity index is 2.33. The Labute approximate surface area is 130 Å². The number of nitrogens with one attached hydrogen (secondary N) is 1. The van der Waals surface area contributed by atoms with Crippen molar-refractivity contribution in [1.82, 2.24) is 9.55 Å². The Morgan fingerprint density at radius 1 is 1.48 bits per heavy atom. The largest absolute Gasteiger partial charge is 0.467 e. The van der Waals surface area contributed by atoms with Crippen LogP contribution in [0.2, 0.25) is 0 Å². The zero-order valence-corrected chi connectivity index (χ0v) is 12.6. The molecular formula is C13H18N2O8. The summed E-state index contributed by atoms with van der Waals surface area (Å²) in [5.74, 6) is -0.673. The van der Waals surface area contributed by atoms with Crippen molar-refractivity contribution in [3.05, 3.63) is 32.6 Å². The molecule has 3 N–H and O–H groups in total. The number of aromatic nitrogens is 2. The highest BCUT2D eigenvalue weighted by Gasteiger charge is 2.46. The Bertz CT molecular complexity index is 681. The number of ether oxygens (including phenoxy) is 3. The summed E-state index contributed by atoms with van der Waals surface area (Å²) in [5, 5.41) is 19.4. The first-order valence-electron chi connectivity index (χ1n) is 6.84. The number of hydrogen-bond acceptors (Lipinski definition) is 8. The van der Waals surface area contributed by atoms with Gasteiger partial charge in [-0.1, -0.05) is 0 Å². The van der Waals surface area contributed by atoms with Crippen LogP contribution in [0.25, 0.3) is 0 Å². The number of nitrogens with zero attached hydrogens (tertiary/aromatic N) is 1. The van der Waals surface area contributed by atoms with Crippen molar-refractivity contribution in [2.24, 2.45) is 0 Å². The van der Waals surface area contributed by atoms with Gasteiger partial charge in [-0.05, 0) is 6.92 Å². The number of carbonyl (C=O) groups is 1. The van der Waals surface area contributed by atoms with Gasteiger partial charge in [0.15, 0.2) is 6.23 Å². The third-order valence-corrected chi connectivity index (χ3v) is 3.53. The molecule has 0 aromatic carbocycles. The Kier molecular flexibility index (Phi) is 5.31. The highest BCUT2D eigenvalue weighted by molar-refractivity contribution is 5.70. The number of aromatic amines is 1. The molecule has 0 spiro atoms. The van der Waals surface area contributed by atoms with E-state index >= 15 is 0 Å². The SMILES string of the molecule is COC(=O)CO[C@@H]1[C@H](O)[C@@H](CO)O[C@H]1n1cc(C)c(=O)[nH]c1=O. The van der Waals surface area contributed by atoms with Gasteiger partial charge in [-0.15, -0.1) is 0 Å². The van der Waals surface area contributed by atoms with E-state index in [1.807, 2.05) is 0 Å². The number of aryl methyl sites for hydroxylation is 1. The monoisotopic (exact) mass is 330 g/mol. The molecule has 1 fully saturated rings. The summed E-state index contributed by atoms with van der Waals surface area (Å²) < 4.78 is 16.2. The van der Waals surface area contributed by atoms with E-state index in [-0.39, 0.29) is 5.56 Å². The quantitative estimate of drug-likeness (QED) is 0.510. The van der Waals surface area contributed by atoms with Gasteiger partial charge in [0.1, 0.15) is 24.9 Å². The summed E-state index contributed by atoms with van der Waals surface area (Å²) in [4.78, 5) is 36.7. The van der Waals surface area contributed by atoms with Crippen LogP contribution in [0.15, 0.2) is 15.8 Å². The van der Waals surface area contributed by atoms with Gasteiger partial charge in [-0.2, -0.15) is 0 Å². The van der Waals surface area contributed by atoms with Gasteiger partial charge in [0.25, 0.3) is 5.56 Å². The van der Waals surface area contributed by atoms with E-state index in [2.05, 4.69) is 9.72 Å². The van der Waals surface area contributed by atoms with Crippen molar-refractivity contribution in [2.45, 2.75) is 31.5 Å². The number of carbonyl (C=O) groups excluding carboxylic acids is 1. The van der Waals surface area contributed by atoms with Crippen molar-refractivity contribution in [3.63, 3.8) is 0 Å². The van der Waals surface area contributed by atoms with Crippen LogP contribution in [0.5, 0.6) is 0 Å². The molecule has 0 unspecified atom stereocenters. The second-order valence-corrected chi connectivity index (χ2v) is 5.07. The molecular weight excluding hydrogens is 312 g/mol. The highest BCUT2D eigenvalue weighted by atomic mass is 16.6. The lowest BCUT2D eigenvalue weighted by Gasteiger charge is -2.22. The summed E-state index contributed by atoms with van der Waals surface area (Å²) in [7, 11) is 1.18. The summed E-state index contributed by atoms with van der Waals surface area (Å²) >= 11 is 0. The van der Waals surface area contributed by atoms with E-state index in [0.717, 1.165) is 4.57 Å². The van der Waals surface area contributed by atoms with Gasteiger partial charge in [0.05, 0.1) is 13.7 Å². The Morgan fingerprint density at radius 2 is 2.17 bits per heavy atom. The molecule has 2 heterocycles. The Hall–Kier alpha value is -2.01. The summed E-state index contributed by atoms with van der Waals surface area (Å²) in [6.07, 6.45) is -3.23. The average molecular weight is 330 g/mol. The molecule has 23 heavy (non-hydrogen) atoms. The van der Waals surface area contributed by atoms with Crippen LogP contribution in [0.1, 0.15) is 11.8 Å². The van der Waals surface area contributed by atoms with E-state index < -0.39 is 55.0 Å². The van der Waals surface area contributed by atoms with Crippen LogP contribution in [0.4, 0.5) is 0 Å². The van der Waals surface area contributed by atoms with E-state index in [0.29, 0.717) is 0 Å². The fourth-order valence-corrected chi connectivity index (χ4v) is 2.27. The highest BCUT2D eigenvalue weighted by Crippen LogP contribution is 2.30. The molecule has 1 saturated heterocycles. The molecule has 1 aromatic heterocycles. The van der Waals surface area contributed by atoms with Crippen molar-refractivity contribution in [1.29, 1.82) is 0 Å². The molecule has 128 valence electrons. The normalized spacial score (nSPS) is 27.1. The first-order chi connectivity index (χ1) is 10.9. The van der Waals surface area contributed by atoms with Gasteiger partial charge >= 0.3 is 11.7 Å². The van der Waals surface area contributed by atoms with Crippen molar-refractivity contribution in [3.8, 4) is 0 Å². The minimum Gasteiger partial charge on any atom is -0.467 e. The van der Waals surface area contributed by atoms with E-state index in [9.17, 15) is 24.6 Å². The van der Waals surface area contributed by atoms with E-state index in [1.54, 1.807) is 0 Å². The standard InChI is InChI=1S/C13H18N2O8/c1-6-3-15(13(20)14-11(6)19)12-10(22-5-8(17)21-2)9(18)7(4-16)23-12/h3,7,9-10,12,16,18H,4-5H2,1-2H3,(H,14,19,20)/t7-,9-,10-,12-/m1/s1. The zero-order chi connectivity index (χ0) is 17.1. The maximum Gasteiger partial charge on any atom is 0.331 e. The lowest BCUT2D eigenvalue weighted by molar-refractivity contribution is -0.152. The van der Waals surface area contributed by atoms with Crippen LogP contribution < -0.4 is 11.2 Å². The summed E-state index contributed by atoms with van der Waals surface area (Å²) in [6.45, 7) is 0.522. The number of esters is 1. The smallest absolute Gasteiger partial charge is 0.331 e. The molecule has 0 aliphatic carbocycles. The first kappa shape index (κ1) is 17.3. The van der Waals surface area contributed by atoms with Gasteiger partial charge < -0.3 is 24.4 Å². The van der Waals surface area contributed by atoms with Crippen LogP contribution in [-0.2, 0) is 19.0 Å². The third kappa shape index (κ3) is 3.50. The molecule has 4 atom stereocenters. The molecule has 10 nitrogen and oxygen atoms in total. The predicted molar refractivity (Wildman–Crippen MR) is 74.8 cm³/mol. The second kappa shape index (κ2) is 7.04. The van der Waals surface area contributed by atoms with Crippen LogP contribution in [-0.4, -0.2) is 64.4 Å². The van der Waals surface area contributed by atoms with Gasteiger partial charge in [-0.3, -0.25) is 14.3 Å². The lowest BCUT2D eigenvalue weighted by Crippen LogP contribution is -2.40. The van der Waals surface area contributed by atoms with Crippen LogP contribution >= 0.6 is 0 Å². The number of rotatable bonds is 5. The molecule has 2 rings (SSSR count). The van der Waals surface area contributed by atoms with Gasteiger partial charge in [0, 0.05) is 11.8 Å². The molecule has 10 heteroatoms. The molecule has 0 amide bonds. The zero-order valence-electron chi connectivity index (χ0n) is 12.6. The molecule has 0 saturated carbocycles. The van der Waals surface area contributed by atoms with E-state index in [1.165, 1.54) is 20.2 Å². The van der Waals surface area contributed by atoms with E-state index in [4.69, 9.17) is 9.47 Å².